The average molecular weight is 252 g/mol. The normalized spacial score (nSPS) is 9.94. The van der Waals surface area contributed by atoms with Crippen LogP contribution in [0.15, 0.2) is 36.8 Å². The maximum atomic E-state index is 11.9. The Bertz CT molecular complexity index is 392. The summed E-state index contributed by atoms with van der Waals surface area (Å²) in [5, 5.41) is 8.39. The molecule has 0 aliphatic heterocycles. The van der Waals surface area contributed by atoms with Crippen LogP contribution in [-0.2, 0) is 11.8 Å². The Balaban J connectivity index is 2.49. The maximum absolute atomic E-state index is 11.9. The number of rotatable bonds is 7. The molecule has 0 aromatic carbocycles. The molecule has 0 saturated heterocycles. The molecule has 0 fully saturated rings. The number of carbonyl (C=O) groups is 1. The van der Waals surface area contributed by atoms with E-state index in [2.05, 4.69) is 23.4 Å². The monoisotopic (exact) mass is 252 g/mol. The van der Waals surface area contributed by atoms with E-state index in [1.54, 1.807) is 27.9 Å². The van der Waals surface area contributed by atoms with E-state index in [0.29, 0.717) is 18.8 Å². The first-order valence-corrected chi connectivity index (χ1v) is 6.14. The lowest BCUT2D eigenvalue weighted by Gasteiger charge is -2.18. The van der Waals surface area contributed by atoms with Gasteiger partial charge in [-0.25, -0.2) is 0 Å². The van der Waals surface area contributed by atoms with Crippen molar-refractivity contribution in [3.63, 3.8) is 0 Å². The van der Waals surface area contributed by atoms with Crippen LogP contribution in [0.25, 0.3) is 0 Å². The van der Waals surface area contributed by atoms with Crippen molar-refractivity contribution in [3.05, 3.63) is 31.6 Å². The van der Waals surface area contributed by atoms with E-state index in [4.69, 9.17) is 0 Å². The van der Waals surface area contributed by atoms with Gasteiger partial charge in [-0.1, -0.05) is 23.9 Å². The minimum atomic E-state index is 0.0396. The summed E-state index contributed by atoms with van der Waals surface area (Å²) >= 11 is 1.37. The van der Waals surface area contributed by atoms with Gasteiger partial charge in [0.25, 0.3) is 0 Å². The minimum absolute atomic E-state index is 0.0396. The lowest BCUT2D eigenvalue weighted by molar-refractivity contribution is -0.127. The van der Waals surface area contributed by atoms with Crippen LogP contribution in [0.3, 0.4) is 0 Å². The molecular weight excluding hydrogens is 236 g/mol. The van der Waals surface area contributed by atoms with E-state index in [0.717, 1.165) is 5.16 Å². The van der Waals surface area contributed by atoms with Gasteiger partial charge in [-0.3, -0.25) is 4.79 Å². The average Bonchev–Trinajstić information content (AvgIpc) is 2.71. The third-order valence-corrected chi connectivity index (χ3v) is 3.07. The molecule has 1 aromatic heterocycles. The Morgan fingerprint density at radius 1 is 1.53 bits per heavy atom. The molecule has 1 amide bonds. The molecule has 1 heterocycles. The van der Waals surface area contributed by atoms with Crippen LogP contribution in [0, 0.1) is 0 Å². The van der Waals surface area contributed by atoms with Gasteiger partial charge in [-0.2, -0.15) is 0 Å². The van der Waals surface area contributed by atoms with Crippen LogP contribution in [-0.4, -0.2) is 44.4 Å². The molecule has 0 aliphatic carbocycles. The summed E-state index contributed by atoms with van der Waals surface area (Å²) in [7, 11) is 1.85. The summed E-state index contributed by atoms with van der Waals surface area (Å²) in [6.07, 6.45) is 5.01. The van der Waals surface area contributed by atoms with Gasteiger partial charge in [0.05, 0.1) is 5.75 Å². The van der Waals surface area contributed by atoms with E-state index in [1.807, 2.05) is 7.05 Å². The lowest BCUT2D eigenvalue weighted by Crippen LogP contribution is -2.32. The Morgan fingerprint density at radius 2 is 2.18 bits per heavy atom. The standard InChI is InChI=1S/C11H16N4OS/c1-4-6-15(7-5-2)10(16)8-17-11-13-12-9-14(11)3/h4-5,9H,1-2,6-8H2,3H3. The number of carbonyl (C=O) groups excluding carboxylic acids is 1. The molecule has 6 heteroatoms. The Kier molecular flexibility index (Phi) is 5.48. The first kappa shape index (κ1) is 13.5. The second-order valence-electron chi connectivity index (χ2n) is 3.39. The van der Waals surface area contributed by atoms with Gasteiger partial charge >= 0.3 is 0 Å². The van der Waals surface area contributed by atoms with Crippen molar-refractivity contribution in [2.75, 3.05) is 18.8 Å². The van der Waals surface area contributed by atoms with Gasteiger partial charge in [0.2, 0.25) is 5.91 Å². The molecule has 5 nitrogen and oxygen atoms in total. The number of nitrogens with zero attached hydrogens (tertiary/aromatic N) is 4. The molecule has 0 N–H and O–H groups in total. The molecule has 0 atom stereocenters. The largest absolute Gasteiger partial charge is 0.335 e. The highest BCUT2D eigenvalue weighted by molar-refractivity contribution is 7.99. The van der Waals surface area contributed by atoms with Gasteiger partial charge in [0, 0.05) is 20.1 Å². The van der Waals surface area contributed by atoms with E-state index in [-0.39, 0.29) is 5.91 Å². The van der Waals surface area contributed by atoms with Crippen LogP contribution >= 0.6 is 11.8 Å². The Labute approximate surface area is 105 Å². The predicted molar refractivity (Wildman–Crippen MR) is 68.7 cm³/mol. The Morgan fingerprint density at radius 3 is 2.65 bits per heavy atom. The van der Waals surface area contributed by atoms with Gasteiger partial charge < -0.3 is 9.47 Å². The van der Waals surface area contributed by atoms with Crippen LogP contribution < -0.4 is 0 Å². The maximum Gasteiger partial charge on any atom is 0.233 e. The third kappa shape index (κ3) is 4.07. The number of thioether (sulfide) groups is 1. The summed E-state index contributed by atoms with van der Waals surface area (Å²) in [6.45, 7) is 8.32. The fraction of sp³-hybridized carbons (Fsp3) is 0.364. The number of aryl methyl sites for hydroxylation is 1. The van der Waals surface area contributed by atoms with Gasteiger partial charge in [-0.15, -0.1) is 23.4 Å². The van der Waals surface area contributed by atoms with Crippen molar-refractivity contribution in [3.8, 4) is 0 Å². The topological polar surface area (TPSA) is 51.0 Å². The number of aromatic nitrogens is 3. The first-order valence-electron chi connectivity index (χ1n) is 5.15. The quantitative estimate of drug-likeness (QED) is 0.539. The SMILES string of the molecule is C=CCN(CC=C)C(=O)CSc1nncn1C. The zero-order valence-electron chi connectivity index (χ0n) is 9.87. The number of amides is 1. The molecule has 92 valence electrons. The molecule has 0 radical (unpaired) electrons. The van der Waals surface area contributed by atoms with E-state index >= 15 is 0 Å². The van der Waals surface area contributed by atoms with Crippen LogP contribution in [0.4, 0.5) is 0 Å². The summed E-state index contributed by atoms with van der Waals surface area (Å²) in [5.41, 5.74) is 0. The van der Waals surface area contributed by atoms with Gasteiger partial charge in [0.1, 0.15) is 6.33 Å². The number of hydrogen-bond acceptors (Lipinski definition) is 4. The predicted octanol–water partition coefficient (Wildman–Crippen LogP) is 1.11. The molecule has 0 spiro atoms. The lowest BCUT2D eigenvalue weighted by atomic mass is 10.4. The summed E-state index contributed by atoms with van der Waals surface area (Å²) in [6, 6.07) is 0. The second kappa shape index (κ2) is 6.90. The molecule has 1 rings (SSSR count). The van der Waals surface area contributed by atoms with Crippen molar-refractivity contribution < 1.29 is 4.79 Å². The van der Waals surface area contributed by atoms with E-state index < -0.39 is 0 Å². The first-order chi connectivity index (χ1) is 8.19. The summed E-state index contributed by atoms with van der Waals surface area (Å²) < 4.78 is 1.78. The summed E-state index contributed by atoms with van der Waals surface area (Å²) in [5.74, 6) is 0.381. The molecule has 0 unspecified atom stereocenters. The van der Waals surface area contributed by atoms with Gasteiger partial charge in [-0.05, 0) is 0 Å². The fourth-order valence-corrected chi connectivity index (χ4v) is 2.00. The van der Waals surface area contributed by atoms with Crippen molar-refractivity contribution in [2.24, 2.45) is 7.05 Å². The third-order valence-electron chi connectivity index (χ3n) is 2.05. The van der Waals surface area contributed by atoms with Crippen molar-refractivity contribution in [1.82, 2.24) is 19.7 Å². The highest BCUT2D eigenvalue weighted by Gasteiger charge is 2.12. The Hall–Kier alpha value is -1.56. The van der Waals surface area contributed by atoms with Gasteiger partial charge in [0.15, 0.2) is 5.16 Å². The van der Waals surface area contributed by atoms with E-state index in [1.165, 1.54) is 11.8 Å². The highest BCUT2D eigenvalue weighted by Crippen LogP contribution is 2.13. The molecule has 0 aliphatic rings. The smallest absolute Gasteiger partial charge is 0.233 e. The molecule has 17 heavy (non-hydrogen) atoms. The van der Waals surface area contributed by atoms with Crippen LogP contribution in [0.2, 0.25) is 0 Å². The van der Waals surface area contributed by atoms with Crippen LogP contribution in [0.1, 0.15) is 0 Å². The zero-order chi connectivity index (χ0) is 12.7. The number of hydrogen-bond donors (Lipinski definition) is 0. The van der Waals surface area contributed by atoms with E-state index in [9.17, 15) is 4.79 Å². The molecule has 1 aromatic rings. The summed E-state index contributed by atoms with van der Waals surface area (Å²) in [4.78, 5) is 13.6. The molecule has 0 saturated carbocycles. The fourth-order valence-electron chi connectivity index (χ4n) is 1.21. The van der Waals surface area contributed by atoms with Crippen LogP contribution in [0.5, 0.6) is 0 Å². The zero-order valence-corrected chi connectivity index (χ0v) is 10.7. The molecular formula is C11H16N4OS. The highest BCUT2D eigenvalue weighted by atomic mass is 32.2. The van der Waals surface area contributed by atoms with Crippen molar-refractivity contribution in [2.45, 2.75) is 5.16 Å². The minimum Gasteiger partial charge on any atom is -0.335 e. The molecule has 0 bridgehead atoms. The van der Waals surface area contributed by atoms with Crippen molar-refractivity contribution in [1.29, 1.82) is 0 Å². The second-order valence-corrected chi connectivity index (χ2v) is 4.33. The van der Waals surface area contributed by atoms with Crippen molar-refractivity contribution >= 4 is 17.7 Å².